The molecule has 2 heteroatoms. The Morgan fingerprint density at radius 3 is 3.12 bits per heavy atom. The summed E-state index contributed by atoms with van der Waals surface area (Å²) in [5.41, 5.74) is 0. The lowest BCUT2D eigenvalue weighted by Crippen LogP contribution is -2.41. The summed E-state index contributed by atoms with van der Waals surface area (Å²) < 4.78 is 27.3. The van der Waals surface area contributed by atoms with Gasteiger partial charge in [0.25, 0.3) is 0 Å². The summed E-state index contributed by atoms with van der Waals surface area (Å²) in [4.78, 5) is 0. The second kappa shape index (κ2) is 2.46. The van der Waals surface area contributed by atoms with E-state index in [2.05, 4.69) is 5.32 Å². The van der Waals surface area contributed by atoms with Crippen LogP contribution in [-0.4, -0.2) is 25.2 Å². The van der Waals surface area contributed by atoms with E-state index in [1.54, 1.807) is 13.8 Å². The largest absolute Gasteiger partial charge is 0.373 e. The van der Waals surface area contributed by atoms with E-state index in [1.807, 2.05) is 0 Å². The van der Waals surface area contributed by atoms with Crippen molar-refractivity contribution in [2.45, 2.75) is 26.0 Å². The molecule has 2 unspecified atom stereocenters. The topological polar surface area (TPSA) is 21.3 Å². The van der Waals surface area contributed by atoms with Crippen molar-refractivity contribution in [2.24, 2.45) is 0 Å². The standard InChI is InChI=1S/C6H13NO/c1-5-3-7-4-6(2)8-5/h5-7H,3-4H2,1-2H3/i3D2,6D. The third-order valence-corrected chi connectivity index (χ3v) is 1.02. The molecule has 0 radical (unpaired) electrons. The fourth-order valence-electron chi connectivity index (χ4n) is 0.692. The molecule has 0 saturated carbocycles. The lowest BCUT2D eigenvalue weighted by atomic mass is 10.3. The molecule has 0 aromatic rings. The van der Waals surface area contributed by atoms with Crippen LogP contribution in [0, 0.1) is 0 Å². The predicted molar refractivity (Wildman–Crippen MR) is 32.9 cm³/mol. The molecular weight excluding hydrogens is 102 g/mol. The van der Waals surface area contributed by atoms with Gasteiger partial charge in [-0.1, -0.05) is 0 Å². The Balaban J connectivity index is 2.63. The number of morpholine rings is 1. The molecule has 1 aliphatic rings. The average molecular weight is 118 g/mol. The van der Waals surface area contributed by atoms with E-state index in [0.29, 0.717) is 0 Å². The SMILES string of the molecule is [2H]C1(C)CNC([2H])([2H])C(C)O1. The van der Waals surface area contributed by atoms with Crippen LogP contribution in [0.1, 0.15) is 18.0 Å². The summed E-state index contributed by atoms with van der Waals surface area (Å²) in [7, 11) is 0. The molecule has 1 heterocycles. The van der Waals surface area contributed by atoms with Crippen molar-refractivity contribution >= 4 is 0 Å². The first-order valence-corrected chi connectivity index (χ1v) is 2.76. The van der Waals surface area contributed by atoms with Gasteiger partial charge < -0.3 is 10.1 Å². The van der Waals surface area contributed by atoms with Gasteiger partial charge >= 0.3 is 0 Å². The molecule has 2 nitrogen and oxygen atoms in total. The number of nitrogens with one attached hydrogen (secondary N) is 1. The zero-order valence-corrected chi connectivity index (χ0v) is 5.19. The van der Waals surface area contributed by atoms with Gasteiger partial charge in [-0.05, 0) is 13.8 Å². The summed E-state index contributed by atoms with van der Waals surface area (Å²) in [6.45, 7) is 1.97. The van der Waals surface area contributed by atoms with E-state index in [0.717, 1.165) is 0 Å². The fraction of sp³-hybridized carbons (Fsp3) is 1.00. The van der Waals surface area contributed by atoms with Crippen LogP contribution in [0.15, 0.2) is 0 Å². The van der Waals surface area contributed by atoms with Gasteiger partial charge in [-0.25, -0.2) is 0 Å². The maximum atomic E-state index is 7.48. The number of hydrogen-bond acceptors (Lipinski definition) is 2. The second-order valence-electron chi connectivity index (χ2n) is 1.96. The summed E-state index contributed by atoms with van der Waals surface area (Å²) in [5.74, 6) is 0. The van der Waals surface area contributed by atoms with Crippen LogP contribution < -0.4 is 5.32 Å². The molecule has 0 spiro atoms. The van der Waals surface area contributed by atoms with E-state index >= 15 is 0 Å². The van der Waals surface area contributed by atoms with Crippen LogP contribution in [0.3, 0.4) is 0 Å². The monoisotopic (exact) mass is 118 g/mol. The van der Waals surface area contributed by atoms with Crippen molar-refractivity contribution in [2.75, 3.05) is 13.0 Å². The van der Waals surface area contributed by atoms with Crippen LogP contribution in [0.4, 0.5) is 0 Å². The molecular formula is C6H13NO. The molecule has 0 bridgehead atoms. The third kappa shape index (κ3) is 1.46. The van der Waals surface area contributed by atoms with E-state index < -0.39 is 18.7 Å². The van der Waals surface area contributed by atoms with E-state index in [1.165, 1.54) is 0 Å². The van der Waals surface area contributed by atoms with Crippen LogP contribution in [-0.2, 0) is 4.74 Å². The second-order valence-corrected chi connectivity index (χ2v) is 1.96. The Bertz CT molecular complexity index is 160. The van der Waals surface area contributed by atoms with Crippen LogP contribution in [0.25, 0.3) is 0 Å². The minimum absolute atomic E-state index is 0.227. The van der Waals surface area contributed by atoms with Crippen molar-refractivity contribution in [3.63, 3.8) is 0 Å². The molecule has 0 aromatic heterocycles. The molecule has 1 rings (SSSR count). The van der Waals surface area contributed by atoms with Crippen molar-refractivity contribution in [1.29, 1.82) is 0 Å². The van der Waals surface area contributed by atoms with Gasteiger partial charge in [-0.2, -0.15) is 0 Å². The first kappa shape index (κ1) is 3.18. The van der Waals surface area contributed by atoms with Gasteiger partial charge in [0.05, 0.1) is 13.6 Å². The van der Waals surface area contributed by atoms with Crippen molar-refractivity contribution in [3.05, 3.63) is 0 Å². The normalized spacial score (nSPS) is 60.8. The number of rotatable bonds is 0. The van der Waals surface area contributed by atoms with Gasteiger partial charge in [0.2, 0.25) is 0 Å². The molecule has 0 amide bonds. The van der Waals surface area contributed by atoms with Gasteiger partial charge in [0, 0.05) is 15.8 Å². The Hall–Kier alpha value is -0.0800. The van der Waals surface area contributed by atoms with Crippen LogP contribution >= 0.6 is 0 Å². The zero-order valence-electron chi connectivity index (χ0n) is 8.19. The van der Waals surface area contributed by atoms with Gasteiger partial charge in [0.15, 0.2) is 0 Å². The highest BCUT2D eigenvalue weighted by Gasteiger charge is 2.12. The first-order valence-electron chi connectivity index (χ1n) is 4.26. The molecule has 1 saturated heterocycles. The Kier molecular flexibility index (Phi) is 0.980. The summed E-state index contributed by atoms with van der Waals surface area (Å²) in [6, 6.07) is 0. The molecule has 48 valence electrons. The van der Waals surface area contributed by atoms with Crippen LogP contribution in [0.2, 0.25) is 0 Å². The maximum absolute atomic E-state index is 7.48. The molecule has 0 aliphatic carbocycles. The highest BCUT2D eigenvalue weighted by Crippen LogP contribution is 2.00. The molecule has 8 heavy (non-hydrogen) atoms. The Morgan fingerprint density at radius 2 is 2.62 bits per heavy atom. The van der Waals surface area contributed by atoms with Crippen molar-refractivity contribution in [1.82, 2.24) is 5.32 Å². The smallest absolute Gasteiger partial charge is 0.0675 e. The highest BCUT2D eigenvalue weighted by atomic mass is 16.5. The molecule has 0 aromatic carbocycles. The number of ether oxygens (including phenoxy) is 1. The molecule has 1 fully saturated rings. The minimum atomic E-state index is -1.50. The fourth-order valence-corrected chi connectivity index (χ4v) is 0.692. The summed E-state index contributed by atoms with van der Waals surface area (Å²) >= 11 is 0. The third-order valence-electron chi connectivity index (χ3n) is 1.02. The highest BCUT2D eigenvalue weighted by molar-refractivity contribution is 4.66. The summed E-state index contributed by atoms with van der Waals surface area (Å²) in [5, 5.41) is 2.62. The quantitative estimate of drug-likeness (QED) is 0.496. The van der Waals surface area contributed by atoms with Gasteiger partial charge in [-0.15, -0.1) is 0 Å². The lowest BCUT2D eigenvalue weighted by Gasteiger charge is -2.25. The molecule has 1 N–H and O–H groups in total. The Morgan fingerprint density at radius 1 is 1.88 bits per heavy atom. The molecule has 2 atom stereocenters. The van der Waals surface area contributed by atoms with Crippen molar-refractivity contribution < 1.29 is 8.85 Å². The number of hydrogen-bond donors (Lipinski definition) is 1. The predicted octanol–water partition coefficient (Wildman–Crippen LogP) is 0.383. The van der Waals surface area contributed by atoms with E-state index in [4.69, 9.17) is 8.85 Å². The maximum Gasteiger partial charge on any atom is 0.0675 e. The zero-order chi connectivity index (χ0) is 8.70. The van der Waals surface area contributed by atoms with Crippen LogP contribution in [0.5, 0.6) is 0 Å². The van der Waals surface area contributed by atoms with E-state index in [-0.39, 0.29) is 6.54 Å². The van der Waals surface area contributed by atoms with Gasteiger partial charge in [-0.3, -0.25) is 0 Å². The van der Waals surface area contributed by atoms with E-state index in [9.17, 15) is 0 Å². The molecule has 1 aliphatic heterocycles. The lowest BCUT2D eigenvalue weighted by molar-refractivity contribution is -0.0166. The Labute approximate surface area is 54.4 Å². The minimum Gasteiger partial charge on any atom is -0.373 e. The van der Waals surface area contributed by atoms with Gasteiger partial charge in [0.1, 0.15) is 0 Å². The average Bonchev–Trinajstić information content (AvgIpc) is 1.81. The first-order chi connectivity index (χ1) is 4.83. The van der Waals surface area contributed by atoms with Crippen molar-refractivity contribution in [3.8, 4) is 0 Å². The summed E-state index contributed by atoms with van der Waals surface area (Å²) in [6.07, 6.45) is -1.57.